The van der Waals surface area contributed by atoms with Crippen LogP contribution >= 0.6 is 12.4 Å². The number of benzene rings is 2. The van der Waals surface area contributed by atoms with Gasteiger partial charge in [-0.3, -0.25) is 4.79 Å². The molecule has 6 heteroatoms. The first kappa shape index (κ1) is 21.2. The number of piperidine rings is 1. The van der Waals surface area contributed by atoms with Crippen LogP contribution in [0.4, 0.5) is 0 Å². The Morgan fingerprint density at radius 1 is 1.14 bits per heavy atom. The number of furan rings is 1. The number of carbonyl (C=O) groups excluding carboxylic acids is 1. The molecule has 2 heterocycles. The predicted molar refractivity (Wildman–Crippen MR) is 117 cm³/mol. The zero-order chi connectivity index (χ0) is 19.5. The van der Waals surface area contributed by atoms with Gasteiger partial charge in [-0.25, -0.2) is 0 Å². The fraction of sp³-hybridized carbons (Fsp3) is 0.348. The monoisotopic (exact) mass is 414 g/mol. The molecule has 2 aromatic carbocycles. The number of halogens is 1. The lowest BCUT2D eigenvalue weighted by molar-refractivity contribution is 0.0645. The van der Waals surface area contributed by atoms with Gasteiger partial charge in [0.25, 0.3) is 5.91 Å². The molecule has 1 aliphatic heterocycles. The second-order valence-corrected chi connectivity index (χ2v) is 7.55. The standard InChI is InChI=1S/C23H26N2O3.ClH/c1-16(24)17-10-12-25(13-11-17)23(26)22-9-8-21(28-22)15-27-20-7-6-18-4-2-3-5-19(18)14-20;/h2-9,14,16-17H,10-13,15,24H2,1H3;1H. The maximum absolute atomic E-state index is 12.7. The highest BCUT2D eigenvalue weighted by atomic mass is 35.5. The lowest BCUT2D eigenvalue weighted by Crippen LogP contribution is -2.42. The van der Waals surface area contributed by atoms with E-state index < -0.39 is 0 Å². The Kier molecular flexibility index (Phi) is 6.83. The van der Waals surface area contributed by atoms with Crippen molar-refractivity contribution in [2.45, 2.75) is 32.4 Å². The van der Waals surface area contributed by atoms with E-state index in [1.165, 1.54) is 5.39 Å². The highest BCUT2D eigenvalue weighted by molar-refractivity contribution is 5.91. The summed E-state index contributed by atoms with van der Waals surface area (Å²) in [5.74, 6) is 2.23. The Bertz CT molecular complexity index is 961. The van der Waals surface area contributed by atoms with E-state index in [1.807, 2.05) is 48.2 Å². The van der Waals surface area contributed by atoms with E-state index in [1.54, 1.807) is 6.07 Å². The molecule has 1 fully saturated rings. The number of hydrogen-bond acceptors (Lipinski definition) is 4. The van der Waals surface area contributed by atoms with Crippen LogP contribution in [-0.2, 0) is 6.61 Å². The van der Waals surface area contributed by atoms with Gasteiger partial charge in [0.1, 0.15) is 18.1 Å². The molecule has 1 aliphatic rings. The van der Waals surface area contributed by atoms with Crippen molar-refractivity contribution in [2.24, 2.45) is 11.7 Å². The molecule has 2 N–H and O–H groups in total. The minimum absolute atomic E-state index is 0. The number of carbonyl (C=O) groups is 1. The summed E-state index contributed by atoms with van der Waals surface area (Å²) in [7, 11) is 0. The Balaban J connectivity index is 0.00000240. The van der Waals surface area contributed by atoms with Gasteiger partial charge in [-0.05, 0) is 60.7 Å². The maximum Gasteiger partial charge on any atom is 0.289 e. The van der Waals surface area contributed by atoms with Crippen LogP contribution < -0.4 is 10.5 Å². The first-order valence-electron chi connectivity index (χ1n) is 9.85. The van der Waals surface area contributed by atoms with E-state index in [4.69, 9.17) is 14.9 Å². The van der Waals surface area contributed by atoms with Gasteiger partial charge in [0.05, 0.1) is 0 Å². The Morgan fingerprint density at radius 2 is 1.86 bits per heavy atom. The number of fused-ring (bicyclic) bond motifs is 1. The van der Waals surface area contributed by atoms with E-state index in [2.05, 4.69) is 12.1 Å². The summed E-state index contributed by atoms with van der Waals surface area (Å²) in [6.45, 7) is 3.79. The van der Waals surface area contributed by atoms with Gasteiger partial charge in [-0.15, -0.1) is 12.4 Å². The lowest BCUT2D eigenvalue weighted by Gasteiger charge is -2.33. The van der Waals surface area contributed by atoms with Crippen LogP contribution in [0.1, 0.15) is 36.1 Å². The van der Waals surface area contributed by atoms with Crippen LogP contribution in [0.5, 0.6) is 5.75 Å². The van der Waals surface area contributed by atoms with Gasteiger partial charge < -0.3 is 19.8 Å². The molecule has 5 nitrogen and oxygen atoms in total. The van der Waals surface area contributed by atoms with Crippen molar-refractivity contribution in [1.82, 2.24) is 4.90 Å². The zero-order valence-corrected chi connectivity index (χ0v) is 17.4. The second kappa shape index (κ2) is 9.33. The van der Waals surface area contributed by atoms with E-state index >= 15 is 0 Å². The molecule has 1 amide bonds. The molecule has 154 valence electrons. The smallest absolute Gasteiger partial charge is 0.289 e. The van der Waals surface area contributed by atoms with E-state index in [0.29, 0.717) is 24.0 Å². The third-order valence-corrected chi connectivity index (χ3v) is 5.54. The second-order valence-electron chi connectivity index (χ2n) is 7.55. The molecule has 0 spiro atoms. The van der Waals surface area contributed by atoms with Crippen LogP contribution in [0, 0.1) is 5.92 Å². The molecule has 1 unspecified atom stereocenters. The summed E-state index contributed by atoms with van der Waals surface area (Å²) < 4.78 is 11.6. The lowest BCUT2D eigenvalue weighted by atomic mass is 9.91. The third kappa shape index (κ3) is 4.92. The van der Waals surface area contributed by atoms with Crippen molar-refractivity contribution in [2.75, 3.05) is 13.1 Å². The quantitative estimate of drug-likeness (QED) is 0.660. The first-order chi connectivity index (χ1) is 13.6. The van der Waals surface area contributed by atoms with E-state index in [0.717, 1.165) is 37.1 Å². The van der Waals surface area contributed by atoms with Crippen LogP contribution in [0.15, 0.2) is 59.0 Å². The first-order valence-corrected chi connectivity index (χ1v) is 9.85. The molecule has 0 saturated carbocycles. The number of likely N-dealkylation sites (tertiary alicyclic amines) is 1. The SMILES string of the molecule is CC(N)C1CCN(C(=O)c2ccc(COc3ccc4ccccc4c3)o2)CC1.Cl. The van der Waals surface area contributed by atoms with Crippen molar-refractivity contribution in [3.63, 3.8) is 0 Å². The summed E-state index contributed by atoms with van der Waals surface area (Å²) in [6, 6.07) is 17.9. The third-order valence-electron chi connectivity index (χ3n) is 5.54. The van der Waals surface area contributed by atoms with Crippen LogP contribution in [0.3, 0.4) is 0 Å². The van der Waals surface area contributed by atoms with Gasteiger partial charge in [-0.1, -0.05) is 30.3 Å². The number of amides is 1. The number of ether oxygens (including phenoxy) is 1. The van der Waals surface area contributed by atoms with E-state index in [-0.39, 0.29) is 24.4 Å². The summed E-state index contributed by atoms with van der Waals surface area (Å²) >= 11 is 0. The fourth-order valence-corrected chi connectivity index (χ4v) is 3.77. The van der Waals surface area contributed by atoms with Crippen molar-refractivity contribution < 1.29 is 13.9 Å². The topological polar surface area (TPSA) is 68.7 Å². The molecule has 1 saturated heterocycles. The minimum atomic E-state index is -0.0555. The normalized spacial score (nSPS) is 15.7. The van der Waals surface area contributed by atoms with Crippen molar-refractivity contribution in [1.29, 1.82) is 0 Å². The Morgan fingerprint density at radius 3 is 2.59 bits per heavy atom. The summed E-state index contributed by atoms with van der Waals surface area (Å²) in [5, 5.41) is 2.30. The van der Waals surface area contributed by atoms with Gasteiger partial charge in [-0.2, -0.15) is 0 Å². The van der Waals surface area contributed by atoms with Gasteiger partial charge >= 0.3 is 0 Å². The molecule has 0 radical (unpaired) electrons. The van der Waals surface area contributed by atoms with Crippen LogP contribution in [0.2, 0.25) is 0 Å². The van der Waals surface area contributed by atoms with Crippen molar-refractivity contribution in [3.05, 3.63) is 66.1 Å². The summed E-state index contributed by atoms with van der Waals surface area (Å²) in [6.07, 6.45) is 1.89. The number of nitrogens with two attached hydrogens (primary N) is 1. The molecule has 29 heavy (non-hydrogen) atoms. The minimum Gasteiger partial charge on any atom is -0.486 e. The van der Waals surface area contributed by atoms with Crippen LogP contribution in [0.25, 0.3) is 10.8 Å². The predicted octanol–water partition coefficient (Wildman–Crippen LogP) is 4.63. The van der Waals surface area contributed by atoms with Gasteiger partial charge in [0.2, 0.25) is 0 Å². The number of rotatable bonds is 5. The van der Waals surface area contributed by atoms with Crippen LogP contribution in [-0.4, -0.2) is 29.9 Å². The molecule has 4 rings (SSSR count). The van der Waals surface area contributed by atoms with Crippen molar-refractivity contribution in [3.8, 4) is 5.75 Å². The largest absolute Gasteiger partial charge is 0.486 e. The number of nitrogens with zero attached hydrogens (tertiary/aromatic N) is 1. The molecular formula is C23H27ClN2O3. The zero-order valence-electron chi connectivity index (χ0n) is 16.5. The molecule has 0 bridgehead atoms. The average Bonchev–Trinajstić information content (AvgIpc) is 3.20. The van der Waals surface area contributed by atoms with E-state index in [9.17, 15) is 4.79 Å². The average molecular weight is 415 g/mol. The summed E-state index contributed by atoms with van der Waals surface area (Å²) in [5.41, 5.74) is 5.98. The Hall–Kier alpha value is -2.50. The highest BCUT2D eigenvalue weighted by Crippen LogP contribution is 2.23. The molecule has 1 aromatic heterocycles. The fourth-order valence-electron chi connectivity index (χ4n) is 3.77. The number of hydrogen-bond donors (Lipinski definition) is 1. The molecule has 1 atom stereocenters. The van der Waals surface area contributed by atoms with Gasteiger partial charge in [0, 0.05) is 19.1 Å². The Labute approximate surface area is 177 Å². The molecule has 3 aromatic rings. The van der Waals surface area contributed by atoms with Gasteiger partial charge in [0.15, 0.2) is 5.76 Å². The molecule has 0 aliphatic carbocycles. The summed E-state index contributed by atoms with van der Waals surface area (Å²) in [4.78, 5) is 14.5. The maximum atomic E-state index is 12.7. The highest BCUT2D eigenvalue weighted by Gasteiger charge is 2.27. The molecular weight excluding hydrogens is 388 g/mol. The van der Waals surface area contributed by atoms with Crippen molar-refractivity contribution >= 4 is 29.1 Å².